The summed E-state index contributed by atoms with van der Waals surface area (Å²) in [5.41, 5.74) is 0.980. The van der Waals surface area contributed by atoms with Crippen molar-refractivity contribution in [3.63, 3.8) is 0 Å². The summed E-state index contributed by atoms with van der Waals surface area (Å²) in [7, 11) is 5.92. The average molecular weight is 1330 g/mol. The number of aliphatic hydroxyl groups excluding tert-OH is 1. The molecule has 27 heteroatoms. The van der Waals surface area contributed by atoms with Crippen molar-refractivity contribution >= 4 is 53.0 Å². The zero-order valence-electron chi connectivity index (χ0n) is 55.9. The summed E-state index contributed by atoms with van der Waals surface area (Å²) in [6.07, 6.45) is 6.61. The third kappa shape index (κ3) is 21.6. The van der Waals surface area contributed by atoms with Crippen molar-refractivity contribution in [2.24, 2.45) is 40.7 Å². The Morgan fingerprint density at radius 3 is 2.00 bits per heavy atom. The highest BCUT2D eigenvalue weighted by molar-refractivity contribution is 6.39. The van der Waals surface area contributed by atoms with E-state index in [9.17, 15) is 59.2 Å². The number of methoxy groups -OCH3 is 4. The number of hydrogen-bond donors (Lipinski definition) is 2. The molecule has 16 atom stereocenters. The molecule has 4 aliphatic rings. The number of esters is 2. The summed E-state index contributed by atoms with van der Waals surface area (Å²) in [5, 5.41) is 51.0. The molecule has 0 spiro atoms. The monoisotopic (exact) mass is 1330 g/mol. The van der Waals surface area contributed by atoms with Gasteiger partial charge in [0.05, 0.1) is 40.0 Å². The number of nitro benzene ring substituents is 2. The highest BCUT2D eigenvalue weighted by atomic mass is 16.8. The number of amides is 1. The van der Waals surface area contributed by atoms with Gasteiger partial charge in [-0.2, -0.15) is 0 Å². The standard InChI is InChI=1S/C68H92N4O23/c1-40-17-13-12-14-18-41(2)55(85-8)37-52-26-20-46(7)68(80,95-52)63(75)64(76)70-32-16-15-19-53(70)65(77)92-57(43(4)35-47-21-31-54(58(36-47)87-10)93-66(78)90-50-27-22-48(23-28-50)71(81)82)38-56(86-9)42(3)34-45(6)61(74)62(88-11)60(44(5)33-40)69-89-39-59(73)94-67(79)91-51-29-24-49(25-30-51)72(83)84/h12-14,17-18,22-25,27-30,34,40,42-44,46-47,52-58,61-62,74,80H,15-16,19-21,26,31-33,35-39H2,1-11H3/b14-12+,17-13+,41-18+,45-34+,69-60+/t40-,42-,43-,44-,46-,47+,52+,53+,54-,55+,56-,57+,58-,61-,62+,68-/m1/s1. The Labute approximate surface area is 553 Å². The van der Waals surface area contributed by atoms with Crippen LogP contribution < -0.4 is 9.47 Å². The molecule has 2 N–H and O–H groups in total. The molecule has 1 amide bonds. The van der Waals surface area contributed by atoms with E-state index in [1.807, 2.05) is 65.0 Å². The van der Waals surface area contributed by atoms with Crippen LogP contribution in [0.25, 0.3) is 0 Å². The van der Waals surface area contributed by atoms with Gasteiger partial charge >= 0.3 is 24.2 Å². The molecule has 2 aromatic rings. The van der Waals surface area contributed by atoms with Gasteiger partial charge in [0.2, 0.25) is 12.4 Å². The lowest BCUT2D eigenvalue weighted by molar-refractivity contribution is -0.385. The fraction of sp³-hybridized carbons (Fsp3) is 0.603. The number of ketones is 1. The number of piperidine rings is 1. The Morgan fingerprint density at radius 1 is 0.747 bits per heavy atom. The number of rotatable bonds is 15. The van der Waals surface area contributed by atoms with E-state index in [1.165, 1.54) is 50.5 Å². The Kier molecular flexibility index (Phi) is 29.2. The second-order valence-corrected chi connectivity index (χ2v) is 25.2. The fourth-order valence-corrected chi connectivity index (χ4v) is 12.7. The number of benzene rings is 2. The van der Waals surface area contributed by atoms with Crippen LogP contribution in [0.5, 0.6) is 11.5 Å². The second kappa shape index (κ2) is 36.4. The largest absolute Gasteiger partial charge is 0.521 e. The molecule has 3 aliphatic heterocycles. The molecule has 3 heterocycles. The van der Waals surface area contributed by atoms with Crippen LogP contribution in [0.2, 0.25) is 0 Å². The van der Waals surface area contributed by atoms with Crippen LogP contribution in [0.15, 0.2) is 101 Å². The van der Waals surface area contributed by atoms with E-state index in [0.717, 1.165) is 29.8 Å². The summed E-state index contributed by atoms with van der Waals surface area (Å²) < 4.78 is 57.6. The van der Waals surface area contributed by atoms with Crippen molar-refractivity contribution in [2.45, 2.75) is 186 Å². The number of aliphatic hydroxyl groups is 2. The molecule has 2 bridgehead atoms. The van der Waals surface area contributed by atoms with Crippen LogP contribution in [0.1, 0.15) is 126 Å². The van der Waals surface area contributed by atoms with Crippen molar-refractivity contribution < 1.29 is 101 Å². The Hall–Kier alpha value is -7.79. The number of carbonyl (C=O) groups excluding carboxylic acids is 6. The molecule has 0 radical (unpaired) electrons. The topological polar surface area (TPSA) is 346 Å². The first-order valence-electron chi connectivity index (χ1n) is 32.1. The molecule has 6 rings (SSSR count). The first kappa shape index (κ1) is 76.2. The van der Waals surface area contributed by atoms with E-state index in [1.54, 1.807) is 27.0 Å². The van der Waals surface area contributed by atoms with E-state index in [2.05, 4.69) is 5.16 Å². The molecule has 0 unspecified atom stereocenters. The zero-order chi connectivity index (χ0) is 69.7. The number of allylic oxidation sites excluding steroid dienone is 5. The van der Waals surface area contributed by atoms with Gasteiger partial charge in [-0.3, -0.25) is 29.8 Å². The number of carbonyl (C=O) groups is 6. The van der Waals surface area contributed by atoms with Crippen molar-refractivity contribution in [1.82, 2.24) is 4.90 Å². The molecular formula is C68H92N4O23. The molecule has 2 aromatic carbocycles. The number of hydrogen-bond acceptors (Lipinski definition) is 24. The minimum Gasteiger partial charge on any atom is -0.460 e. The first-order valence-corrected chi connectivity index (χ1v) is 32.1. The summed E-state index contributed by atoms with van der Waals surface area (Å²) >= 11 is 0. The quantitative estimate of drug-likeness (QED) is 0.0244. The minimum absolute atomic E-state index is 0.0294. The van der Waals surface area contributed by atoms with Crippen molar-refractivity contribution in [3.05, 3.63) is 116 Å². The number of non-ortho nitro benzene ring substituents is 2. The number of fused-ring (bicyclic) bond motifs is 3. The molecule has 0 aromatic heterocycles. The predicted octanol–water partition coefficient (Wildman–Crippen LogP) is 10.2. The lowest BCUT2D eigenvalue weighted by atomic mass is 9.78. The number of nitro groups is 2. The third-order valence-corrected chi connectivity index (χ3v) is 18.2. The molecule has 1 saturated carbocycles. The first-order chi connectivity index (χ1) is 45.2. The lowest BCUT2D eigenvalue weighted by Crippen LogP contribution is -2.61. The maximum atomic E-state index is 14.9. The number of nitrogens with zero attached hydrogens (tertiary/aromatic N) is 4. The van der Waals surface area contributed by atoms with Crippen LogP contribution in [0, 0.1) is 55.7 Å². The second-order valence-electron chi connectivity index (χ2n) is 25.2. The van der Waals surface area contributed by atoms with Gasteiger partial charge in [-0.1, -0.05) is 76.2 Å². The van der Waals surface area contributed by atoms with Crippen LogP contribution in [0.4, 0.5) is 21.0 Å². The third-order valence-electron chi connectivity index (χ3n) is 18.2. The maximum absolute atomic E-state index is 14.9. The van der Waals surface area contributed by atoms with Gasteiger partial charge in [0, 0.05) is 89.8 Å². The molecule has 3 fully saturated rings. The molecule has 1 aliphatic carbocycles. The summed E-state index contributed by atoms with van der Waals surface area (Å²) in [4.78, 5) is 110. The van der Waals surface area contributed by atoms with Gasteiger partial charge in [0.1, 0.15) is 42.0 Å². The van der Waals surface area contributed by atoms with Gasteiger partial charge < -0.3 is 67.3 Å². The smallest absolute Gasteiger partial charge is 0.460 e. The molecule has 27 nitrogen and oxygen atoms in total. The number of Topliss-reactive ketones (excluding diaryl/α,β-unsaturated/α-hetero) is 1. The van der Waals surface area contributed by atoms with Crippen molar-refractivity contribution in [2.75, 3.05) is 41.6 Å². The Balaban J connectivity index is 1.30. The predicted molar refractivity (Wildman–Crippen MR) is 343 cm³/mol. The molecular weight excluding hydrogens is 1240 g/mol. The minimum atomic E-state index is -2.51. The van der Waals surface area contributed by atoms with Gasteiger partial charge in [0.15, 0.2) is 0 Å². The Bertz CT molecular complexity index is 3110. The van der Waals surface area contributed by atoms with Gasteiger partial charge in [-0.25, -0.2) is 19.2 Å². The fourth-order valence-electron chi connectivity index (χ4n) is 12.7. The SMILES string of the molecule is CO[C@H]1C[C@@H]2CC[C@@H](C)[C@@](O)(O2)C(=O)C(=O)N2CCCC[C@H]2C(=O)O[C@H]([C@H](C)C[C@@H]2CC[C@@H](OC(=O)Oc3ccc([N+](=O)[O-])cc3)[C@H](OC)C2)C[C@@H](OC)[C@H](C)/C=C(\C)[C@@H](O)[C@@H](OC)/C(=N/OCC(=O)OC(=O)Oc2ccc([N+](=O)[O-])cc2)[C@H](C)C[C@H](C)/C=C/C=C/C=C/1C. The van der Waals surface area contributed by atoms with E-state index < -0.39 is 137 Å². The van der Waals surface area contributed by atoms with Crippen molar-refractivity contribution in [3.8, 4) is 11.5 Å². The average Bonchev–Trinajstić information content (AvgIpc) is 0.778. The summed E-state index contributed by atoms with van der Waals surface area (Å²) in [5.74, 6) is -9.15. The van der Waals surface area contributed by atoms with E-state index >= 15 is 0 Å². The van der Waals surface area contributed by atoms with Gasteiger partial charge in [0.25, 0.3) is 23.1 Å². The zero-order valence-corrected chi connectivity index (χ0v) is 55.9. The number of oxime groups is 1. The Morgan fingerprint density at radius 2 is 1.39 bits per heavy atom. The summed E-state index contributed by atoms with van der Waals surface area (Å²) in [6.45, 7) is 12.0. The molecule has 2 saturated heterocycles. The lowest BCUT2D eigenvalue weighted by Gasteiger charge is -2.43. The maximum Gasteiger partial charge on any atom is 0.521 e. The highest BCUT2D eigenvalue weighted by Gasteiger charge is 2.53. The van der Waals surface area contributed by atoms with E-state index in [4.69, 9.17) is 52.2 Å². The number of ether oxygens (including phenoxy) is 10. The number of cyclic esters (lactones) is 1. The van der Waals surface area contributed by atoms with Crippen LogP contribution in [-0.4, -0.2) is 169 Å². The van der Waals surface area contributed by atoms with Crippen LogP contribution >= 0.6 is 0 Å². The van der Waals surface area contributed by atoms with Crippen molar-refractivity contribution in [1.29, 1.82) is 0 Å². The molecule has 522 valence electrons. The van der Waals surface area contributed by atoms with E-state index in [0.29, 0.717) is 63.4 Å². The van der Waals surface area contributed by atoms with Gasteiger partial charge in [-0.05, 0) is 131 Å². The molecule has 95 heavy (non-hydrogen) atoms. The highest BCUT2D eigenvalue weighted by Crippen LogP contribution is 2.39. The van der Waals surface area contributed by atoms with Crippen LogP contribution in [0.3, 0.4) is 0 Å². The summed E-state index contributed by atoms with van der Waals surface area (Å²) in [6, 6.07) is 8.28. The van der Waals surface area contributed by atoms with Gasteiger partial charge in [-0.15, -0.1) is 0 Å². The van der Waals surface area contributed by atoms with Crippen LogP contribution in [-0.2, 0) is 61.9 Å². The van der Waals surface area contributed by atoms with E-state index in [-0.39, 0.29) is 66.2 Å². The normalized spacial score (nSPS) is 32.1.